The fraction of sp³-hybridized carbons (Fsp3) is 0.600. The molecule has 112 valence electrons. The van der Waals surface area contributed by atoms with E-state index in [0.717, 1.165) is 37.3 Å². The van der Waals surface area contributed by atoms with Crippen molar-refractivity contribution < 1.29 is 0 Å². The number of anilines is 1. The minimum Gasteiger partial charge on any atom is -0.335 e. The number of aromatic amines is 1. The van der Waals surface area contributed by atoms with Crippen molar-refractivity contribution in [1.82, 2.24) is 20.5 Å². The maximum Gasteiger partial charge on any atom is 0.245 e. The molecule has 4 rings (SSSR count). The first-order chi connectivity index (χ1) is 10.2. The van der Waals surface area contributed by atoms with E-state index in [1.807, 2.05) is 0 Å². The fourth-order valence-electron chi connectivity index (χ4n) is 3.50. The number of hydrogen-bond donors (Lipinski definition) is 2. The van der Waals surface area contributed by atoms with E-state index < -0.39 is 0 Å². The SMILES string of the molecule is Cc1cc(-c2nc(N3CCCC4CNCC43)n[nH]2)sc1C. The molecule has 2 N–H and O–H groups in total. The van der Waals surface area contributed by atoms with Crippen LogP contribution in [0.25, 0.3) is 10.7 Å². The summed E-state index contributed by atoms with van der Waals surface area (Å²) in [5.74, 6) is 2.53. The van der Waals surface area contributed by atoms with Gasteiger partial charge in [0.1, 0.15) is 0 Å². The minimum atomic E-state index is 0.564. The average molecular weight is 303 g/mol. The number of aryl methyl sites for hydroxylation is 2. The lowest BCUT2D eigenvalue weighted by molar-refractivity contribution is 0.381. The normalized spacial score (nSPS) is 25.3. The zero-order chi connectivity index (χ0) is 14.4. The monoisotopic (exact) mass is 303 g/mol. The molecule has 0 aromatic carbocycles. The van der Waals surface area contributed by atoms with Gasteiger partial charge in [-0.25, -0.2) is 0 Å². The zero-order valence-corrected chi connectivity index (χ0v) is 13.3. The Balaban J connectivity index is 1.61. The second-order valence-corrected chi connectivity index (χ2v) is 7.41. The summed E-state index contributed by atoms with van der Waals surface area (Å²) in [6.45, 7) is 7.57. The quantitative estimate of drug-likeness (QED) is 0.894. The Labute approximate surface area is 128 Å². The van der Waals surface area contributed by atoms with Gasteiger partial charge >= 0.3 is 0 Å². The second kappa shape index (κ2) is 5.10. The van der Waals surface area contributed by atoms with Crippen molar-refractivity contribution in [2.75, 3.05) is 24.5 Å². The van der Waals surface area contributed by atoms with E-state index in [9.17, 15) is 0 Å². The van der Waals surface area contributed by atoms with Gasteiger partial charge in [0.25, 0.3) is 0 Å². The summed E-state index contributed by atoms with van der Waals surface area (Å²) in [4.78, 5) is 9.68. The van der Waals surface area contributed by atoms with Crippen LogP contribution in [0.15, 0.2) is 6.07 Å². The summed E-state index contributed by atoms with van der Waals surface area (Å²) in [5.41, 5.74) is 1.32. The van der Waals surface area contributed by atoms with E-state index >= 15 is 0 Å². The fourth-order valence-corrected chi connectivity index (χ4v) is 4.47. The molecule has 2 aromatic heterocycles. The maximum absolute atomic E-state index is 4.76. The molecular weight excluding hydrogens is 282 g/mol. The summed E-state index contributed by atoms with van der Waals surface area (Å²) in [6.07, 6.45) is 2.57. The van der Waals surface area contributed by atoms with Crippen LogP contribution in [-0.2, 0) is 0 Å². The third-order valence-corrected chi connectivity index (χ3v) is 5.97. The van der Waals surface area contributed by atoms with E-state index in [2.05, 4.69) is 40.3 Å². The van der Waals surface area contributed by atoms with Crippen molar-refractivity contribution in [3.05, 3.63) is 16.5 Å². The van der Waals surface area contributed by atoms with Gasteiger partial charge in [0.15, 0.2) is 5.82 Å². The first-order valence-corrected chi connectivity index (χ1v) is 8.51. The van der Waals surface area contributed by atoms with Gasteiger partial charge in [-0.05, 0) is 44.2 Å². The predicted molar refractivity (Wildman–Crippen MR) is 85.9 cm³/mol. The molecule has 2 aromatic rings. The maximum atomic E-state index is 4.76. The largest absolute Gasteiger partial charge is 0.335 e. The highest BCUT2D eigenvalue weighted by Crippen LogP contribution is 2.32. The van der Waals surface area contributed by atoms with Crippen molar-refractivity contribution in [1.29, 1.82) is 0 Å². The van der Waals surface area contributed by atoms with Crippen LogP contribution in [0.1, 0.15) is 23.3 Å². The molecule has 6 heteroatoms. The molecule has 2 saturated heterocycles. The molecule has 2 atom stereocenters. The first-order valence-electron chi connectivity index (χ1n) is 7.69. The molecule has 0 radical (unpaired) electrons. The van der Waals surface area contributed by atoms with Gasteiger partial charge in [0.05, 0.1) is 4.88 Å². The van der Waals surface area contributed by atoms with Gasteiger partial charge < -0.3 is 10.2 Å². The van der Waals surface area contributed by atoms with Crippen LogP contribution in [0, 0.1) is 19.8 Å². The molecule has 2 aliphatic rings. The Kier molecular flexibility index (Phi) is 3.23. The molecular formula is C15H21N5S. The van der Waals surface area contributed by atoms with Crippen LogP contribution in [0.2, 0.25) is 0 Å². The van der Waals surface area contributed by atoms with Gasteiger partial charge in [-0.15, -0.1) is 16.4 Å². The van der Waals surface area contributed by atoms with Crippen LogP contribution >= 0.6 is 11.3 Å². The van der Waals surface area contributed by atoms with Crippen LogP contribution < -0.4 is 10.2 Å². The molecule has 4 heterocycles. The van der Waals surface area contributed by atoms with Crippen molar-refractivity contribution in [2.24, 2.45) is 5.92 Å². The van der Waals surface area contributed by atoms with Gasteiger partial charge in [-0.3, -0.25) is 5.10 Å². The first kappa shape index (κ1) is 13.3. The van der Waals surface area contributed by atoms with Crippen LogP contribution in [-0.4, -0.2) is 40.9 Å². The third-order valence-electron chi connectivity index (χ3n) is 4.81. The number of nitrogens with one attached hydrogen (secondary N) is 2. The summed E-state index contributed by atoms with van der Waals surface area (Å²) < 4.78 is 0. The highest BCUT2D eigenvalue weighted by Gasteiger charge is 2.36. The summed E-state index contributed by atoms with van der Waals surface area (Å²) >= 11 is 1.78. The Bertz CT molecular complexity index is 627. The van der Waals surface area contributed by atoms with E-state index in [0.29, 0.717) is 6.04 Å². The van der Waals surface area contributed by atoms with Crippen molar-refractivity contribution in [3.63, 3.8) is 0 Å². The lowest BCUT2D eigenvalue weighted by Crippen LogP contribution is -2.45. The summed E-state index contributed by atoms with van der Waals surface area (Å²) in [6, 6.07) is 2.76. The molecule has 0 spiro atoms. The van der Waals surface area contributed by atoms with Crippen molar-refractivity contribution in [2.45, 2.75) is 32.7 Å². The lowest BCUT2D eigenvalue weighted by atomic mass is 9.92. The van der Waals surface area contributed by atoms with E-state index in [1.54, 1.807) is 11.3 Å². The van der Waals surface area contributed by atoms with Gasteiger partial charge in [0, 0.05) is 30.6 Å². The standard InChI is InChI=1S/C15H21N5S/c1-9-6-13(21-10(9)2)14-17-15(19-18-14)20-5-3-4-11-7-16-8-12(11)20/h6,11-12,16H,3-5,7-8H2,1-2H3,(H,17,18,19). The molecule has 2 unspecified atom stereocenters. The highest BCUT2D eigenvalue weighted by molar-refractivity contribution is 7.15. The van der Waals surface area contributed by atoms with E-state index in [4.69, 9.17) is 4.98 Å². The molecule has 0 aliphatic carbocycles. The molecule has 0 amide bonds. The minimum absolute atomic E-state index is 0.564. The average Bonchev–Trinajstić information content (AvgIpc) is 3.19. The van der Waals surface area contributed by atoms with E-state index in [1.165, 1.54) is 28.2 Å². The Morgan fingerprint density at radius 1 is 1.33 bits per heavy atom. The number of thiophene rings is 1. The number of hydrogen-bond acceptors (Lipinski definition) is 5. The van der Waals surface area contributed by atoms with Crippen LogP contribution in [0.4, 0.5) is 5.95 Å². The Hall–Kier alpha value is -1.40. The topological polar surface area (TPSA) is 56.8 Å². The lowest BCUT2D eigenvalue weighted by Gasteiger charge is -2.36. The molecule has 0 bridgehead atoms. The van der Waals surface area contributed by atoms with Gasteiger partial charge in [-0.1, -0.05) is 0 Å². The molecule has 2 fully saturated rings. The Morgan fingerprint density at radius 3 is 3.05 bits per heavy atom. The predicted octanol–water partition coefficient (Wildman–Crippen LogP) is 2.34. The summed E-state index contributed by atoms with van der Waals surface area (Å²) in [7, 11) is 0. The van der Waals surface area contributed by atoms with Crippen LogP contribution in [0.5, 0.6) is 0 Å². The zero-order valence-electron chi connectivity index (χ0n) is 12.5. The van der Waals surface area contributed by atoms with Crippen molar-refractivity contribution in [3.8, 4) is 10.7 Å². The third kappa shape index (κ3) is 2.26. The number of aromatic nitrogens is 3. The van der Waals surface area contributed by atoms with E-state index in [-0.39, 0.29) is 0 Å². The Morgan fingerprint density at radius 2 is 2.24 bits per heavy atom. The van der Waals surface area contributed by atoms with Gasteiger partial charge in [-0.2, -0.15) is 4.98 Å². The molecule has 21 heavy (non-hydrogen) atoms. The highest BCUT2D eigenvalue weighted by atomic mass is 32.1. The van der Waals surface area contributed by atoms with Gasteiger partial charge in [0.2, 0.25) is 5.95 Å². The number of fused-ring (bicyclic) bond motifs is 1. The van der Waals surface area contributed by atoms with Crippen LogP contribution in [0.3, 0.4) is 0 Å². The molecule has 5 nitrogen and oxygen atoms in total. The number of H-pyrrole nitrogens is 1. The second-order valence-electron chi connectivity index (χ2n) is 6.16. The van der Waals surface area contributed by atoms with Crippen molar-refractivity contribution >= 4 is 17.3 Å². The number of piperidine rings is 1. The molecule has 0 saturated carbocycles. The molecule has 2 aliphatic heterocycles. The summed E-state index contributed by atoms with van der Waals surface area (Å²) in [5, 5.41) is 11.1. The smallest absolute Gasteiger partial charge is 0.245 e. The number of nitrogens with zero attached hydrogens (tertiary/aromatic N) is 3. The number of rotatable bonds is 2.